The van der Waals surface area contributed by atoms with Gasteiger partial charge in [-0.25, -0.2) is 10.4 Å². The van der Waals surface area contributed by atoms with Crippen LogP contribution in [0.4, 0.5) is 0 Å². The third-order valence-electron chi connectivity index (χ3n) is 3.97. The lowest BCUT2D eigenvalue weighted by Crippen LogP contribution is -2.19. The highest BCUT2D eigenvalue weighted by molar-refractivity contribution is 8.00. The minimum absolute atomic E-state index is 0.0667. The number of hydrogen-bond acceptors (Lipinski definition) is 9. The van der Waals surface area contributed by atoms with Gasteiger partial charge in [0, 0.05) is 27.7 Å². The summed E-state index contributed by atoms with van der Waals surface area (Å²) < 4.78 is 0. The molecule has 0 aromatic carbocycles. The number of nitriles is 1. The first-order chi connectivity index (χ1) is 15.2. The van der Waals surface area contributed by atoms with Gasteiger partial charge in [-0.05, 0) is 29.0 Å². The maximum atomic E-state index is 12.2. The fourth-order valence-corrected chi connectivity index (χ4v) is 4.75. The van der Waals surface area contributed by atoms with Crippen molar-refractivity contribution in [3.8, 4) is 27.9 Å². The number of rotatable bonds is 7. The summed E-state index contributed by atoms with van der Waals surface area (Å²) >= 11 is 4.25. The van der Waals surface area contributed by atoms with Crippen LogP contribution in [0, 0.1) is 11.3 Å². The molecule has 0 spiro atoms. The summed E-state index contributed by atoms with van der Waals surface area (Å²) in [6, 6.07) is 11.8. The van der Waals surface area contributed by atoms with E-state index in [2.05, 4.69) is 31.5 Å². The van der Waals surface area contributed by atoms with Gasteiger partial charge in [0.1, 0.15) is 16.8 Å². The Morgan fingerprint density at radius 1 is 1.23 bits per heavy atom. The van der Waals surface area contributed by atoms with Crippen molar-refractivity contribution in [1.82, 2.24) is 20.4 Å². The summed E-state index contributed by atoms with van der Waals surface area (Å²) in [7, 11) is 0. The van der Waals surface area contributed by atoms with E-state index in [1.165, 1.54) is 34.4 Å². The van der Waals surface area contributed by atoms with Gasteiger partial charge in [0.2, 0.25) is 5.91 Å². The second kappa shape index (κ2) is 10.1. The van der Waals surface area contributed by atoms with Crippen LogP contribution in [0.2, 0.25) is 0 Å². The van der Waals surface area contributed by atoms with Crippen molar-refractivity contribution in [3.05, 3.63) is 70.1 Å². The lowest BCUT2D eigenvalue weighted by Gasteiger charge is -2.10. The van der Waals surface area contributed by atoms with E-state index < -0.39 is 0 Å². The first-order valence-corrected chi connectivity index (χ1v) is 11.7. The molecule has 0 atom stereocenters. The van der Waals surface area contributed by atoms with Gasteiger partial charge in [-0.3, -0.25) is 14.8 Å². The zero-order valence-corrected chi connectivity index (χ0v) is 18.4. The number of thiophene rings is 2. The van der Waals surface area contributed by atoms with E-state index in [1.807, 2.05) is 41.1 Å². The molecule has 0 bridgehead atoms. The van der Waals surface area contributed by atoms with Crippen molar-refractivity contribution in [2.45, 2.75) is 5.03 Å². The summed E-state index contributed by atoms with van der Waals surface area (Å²) in [4.78, 5) is 27.1. The number of carbonyl (C=O) groups excluding carboxylic acids is 1. The maximum absolute atomic E-state index is 12.2. The zero-order chi connectivity index (χ0) is 21.5. The Hall–Kier alpha value is -3.39. The van der Waals surface area contributed by atoms with E-state index in [-0.39, 0.29) is 11.7 Å². The molecule has 0 aliphatic rings. The van der Waals surface area contributed by atoms with Crippen LogP contribution in [0.15, 0.2) is 69.8 Å². The average molecular weight is 463 g/mol. The van der Waals surface area contributed by atoms with Gasteiger partial charge in [-0.2, -0.15) is 10.4 Å². The first-order valence-electron chi connectivity index (χ1n) is 8.98. The second-order valence-corrected chi connectivity index (χ2v) is 8.90. The normalized spacial score (nSPS) is 10.8. The molecule has 4 aromatic heterocycles. The lowest BCUT2D eigenvalue weighted by atomic mass is 10.1. The zero-order valence-electron chi connectivity index (χ0n) is 15.9. The summed E-state index contributed by atoms with van der Waals surface area (Å²) in [6.07, 6.45) is 6.39. The highest BCUT2D eigenvalue weighted by Gasteiger charge is 2.18. The molecule has 1 amide bonds. The van der Waals surface area contributed by atoms with Gasteiger partial charge >= 0.3 is 0 Å². The van der Waals surface area contributed by atoms with Gasteiger partial charge in [0.25, 0.3) is 0 Å². The van der Waals surface area contributed by atoms with Gasteiger partial charge in [0.15, 0.2) is 0 Å². The SMILES string of the molecule is N#Cc1c(-c2cccs2)cc(-c2cnccn2)nc1SCC(=O)N/N=C/c1cccs1. The lowest BCUT2D eigenvalue weighted by molar-refractivity contribution is -0.118. The van der Waals surface area contributed by atoms with E-state index in [9.17, 15) is 10.1 Å². The van der Waals surface area contributed by atoms with Crippen LogP contribution >= 0.6 is 34.4 Å². The van der Waals surface area contributed by atoms with Crippen LogP contribution in [0.1, 0.15) is 10.4 Å². The van der Waals surface area contributed by atoms with Crippen molar-refractivity contribution in [2.75, 3.05) is 5.75 Å². The number of thioether (sulfide) groups is 1. The predicted molar refractivity (Wildman–Crippen MR) is 124 cm³/mol. The number of hydrazone groups is 1. The van der Waals surface area contributed by atoms with Crippen LogP contribution in [0.5, 0.6) is 0 Å². The third kappa shape index (κ3) is 5.21. The van der Waals surface area contributed by atoms with Crippen molar-refractivity contribution in [2.24, 2.45) is 5.10 Å². The van der Waals surface area contributed by atoms with Gasteiger partial charge in [0.05, 0.1) is 29.4 Å². The van der Waals surface area contributed by atoms with Crippen LogP contribution in [-0.4, -0.2) is 32.8 Å². The van der Waals surface area contributed by atoms with Crippen LogP contribution in [-0.2, 0) is 4.79 Å². The van der Waals surface area contributed by atoms with Crippen LogP contribution in [0.25, 0.3) is 21.8 Å². The maximum Gasteiger partial charge on any atom is 0.250 e. The van der Waals surface area contributed by atoms with E-state index in [0.717, 1.165) is 15.3 Å². The van der Waals surface area contributed by atoms with Crippen LogP contribution < -0.4 is 5.43 Å². The molecule has 0 aliphatic heterocycles. The number of nitrogens with zero attached hydrogens (tertiary/aromatic N) is 5. The number of pyridine rings is 1. The van der Waals surface area contributed by atoms with E-state index >= 15 is 0 Å². The Labute approximate surface area is 190 Å². The Balaban J connectivity index is 1.59. The number of nitrogens with one attached hydrogen (secondary N) is 1. The molecule has 0 saturated carbocycles. The molecule has 7 nitrogen and oxygen atoms in total. The molecular weight excluding hydrogens is 448 g/mol. The highest BCUT2D eigenvalue weighted by atomic mass is 32.2. The van der Waals surface area contributed by atoms with E-state index in [0.29, 0.717) is 22.0 Å². The molecule has 0 fully saturated rings. The molecule has 10 heteroatoms. The standard InChI is InChI=1S/C21H14N6OS3/c22-10-16-15(19-4-2-8-30-19)9-17(18-12-23-5-6-24-18)26-21(16)31-13-20(28)27-25-11-14-3-1-7-29-14/h1-9,11-12H,13H2,(H,27,28)/b25-11+. The minimum atomic E-state index is -0.286. The Bertz CT molecular complexity index is 1230. The topological polar surface area (TPSA) is 104 Å². The van der Waals surface area contributed by atoms with E-state index in [1.54, 1.807) is 24.8 Å². The van der Waals surface area contributed by atoms with Crippen molar-refractivity contribution >= 4 is 46.6 Å². The predicted octanol–water partition coefficient (Wildman–Crippen LogP) is 4.44. The number of aromatic nitrogens is 3. The van der Waals surface area contributed by atoms with Crippen molar-refractivity contribution < 1.29 is 4.79 Å². The fraction of sp³-hybridized carbons (Fsp3) is 0.0476. The highest BCUT2D eigenvalue weighted by Crippen LogP contribution is 2.35. The van der Waals surface area contributed by atoms with E-state index in [4.69, 9.17) is 0 Å². The largest absolute Gasteiger partial charge is 0.272 e. The Kier molecular flexibility index (Phi) is 6.78. The molecule has 0 radical (unpaired) electrons. The summed E-state index contributed by atoms with van der Waals surface area (Å²) in [5.41, 5.74) is 4.87. The molecule has 152 valence electrons. The van der Waals surface area contributed by atoms with Crippen molar-refractivity contribution in [3.63, 3.8) is 0 Å². The number of hydrogen-bond donors (Lipinski definition) is 1. The first kappa shape index (κ1) is 20.9. The minimum Gasteiger partial charge on any atom is -0.272 e. The Morgan fingerprint density at radius 3 is 2.81 bits per heavy atom. The average Bonchev–Trinajstić information content (AvgIpc) is 3.52. The molecular formula is C21H14N6OS3. The quantitative estimate of drug-likeness (QED) is 0.247. The summed E-state index contributed by atoms with van der Waals surface area (Å²) in [5.74, 6) is -0.219. The molecule has 4 heterocycles. The number of amides is 1. The fourth-order valence-electron chi connectivity index (χ4n) is 2.62. The molecule has 0 aliphatic carbocycles. The Morgan fingerprint density at radius 2 is 2.10 bits per heavy atom. The molecule has 4 rings (SSSR count). The van der Waals surface area contributed by atoms with Gasteiger partial charge < -0.3 is 0 Å². The summed E-state index contributed by atoms with van der Waals surface area (Å²) in [6.45, 7) is 0. The third-order valence-corrected chi connectivity index (χ3v) is 6.66. The molecule has 0 unspecified atom stereocenters. The molecule has 1 N–H and O–H groups in total. The van der Waals surface area contributed by atoms with Crippen LogP contribution in [0.3, 0.4) is 0 Å². The summed E-state index contributed by atoms with van der Waals surface area (Å²) in [5, 5.41) is 18.1. The molecule has 0 saturated heterocycles. The number of carbonyl (C=O) groups is 1. The molecule has 4 aromatic rings. The monoisotopic (exact) mass is 462 g/mol. The second-order valence-electron chi connectivity index (χ2n) is 6.01. The smallest absolute Gasteiger partial charge is 0.250 e. The van der Waals surface area contributed by atoms with Gasteiger partial charge in [-0.1, -0.05) is 23.9 Å². The molecule has 31 heavy (non-hydrogen) atoms. The van der Waals surface area contributed by atoms with Gasteiger partial charge in [-0.15, -0.1) is 22.7 Å². The van der Waals surface area contributed by atoms with Crippen molar-refractivity contribution in [1.29, 1.82) is 5.26 Å².